The molecule has 3 rings (SSSR count). The number of anilines is 1. The summed E-state index contributed by atoms with van der Waals surface area (Å²) >= 11 is 0. The van der Waals surface area contributed by atoms with Gasteiger partial charge in [-0.25, -0.2) is 8.42 Å². The van der Waals surface area contributed by atoms with Crippen LogP contribution in [-0.4, -0.2) is 43.1 Å². The summed E-state index contributed by atoms with van der Waals surface area (Å²) in [7, 11) is -1.27. The topological polar surface area (TPSA) is 104 Å². The number of hydrogen-bond acceptors (Lipinski definition) is 5. The number of aromatic nitrogens is 2. The molecule has 0 atom stereocenters. The van der Waals surface area contributed by atoms with Crippen LogP contribution in [0.4, 0.5) is 5.82 Å². The normalized spacial score (nSPS) is 15.7. The minimum Gasteiger partial charge on any atom is -0.305 e. The largest absolute Gasteiger partial charge is 0.305 e. The van der Waals surface area contributed by atoms with E-state index in [-0.39, 0.29) is 10.5 Å². The monoisotopic (exact) mass is 406 g/mol. The first-order chi connectivity index (χ1) is 13.4. The Kier molecular flexibility index (Phi) is 6.48. The zero-order valence-electron chi connectivity index (χ0n) is 16.1. The van der Waals surface area contributed by atoms with Crippen molar-refractivity contribution in [2.75, 3.05) is 19.5 Å². The van der Waals surface area contributed by atoms with E-state index in [0.717, 1.165) is 16.6 Å². The van der Waals surface area contributed by atoms with Crippen LogP contribution < -0.4 is 5.32 Å². The lowest BCUT2D eigenvalue weighted by Gasteiger charge is -2.20. The van der Waals surface area contributed by atoms with Gasteiger partial charge in [0.2, 0.25) is 0 Å². The number of benzene rings is 1. The molecule has 1 aliphatic carbocycles. The summed E-state index contributed by atoms with van der Waals surface area (Å²) in [6.07, 6.45) is 7.27. The third kappa shape index (κ3) is 4.78. The molecule has 0 spiro atoms. The average molecular weight is 407 g/mol. The quantitative estimate of drug-likeness (QED) is 0.688. The predicted octanol–water partition coefficient (Wildman–Crippen LogP) is 2.97. The van der Waals surface area contributed by atoms with Crippen molar-refractivity contribution >= 4 is 21.7 Å². The first kappa shape index (κ1) is 20.5. The highest BCUT2D eigenvalue weighted by atomic mass is 32.2. The molecule has 2 aromatic rings. The van der Waals surface area contributed by atoms with Crippen molar-refractivity contribution in [2.45, 2.75) is 43.4 Å². The number of carbonyl (C=O) groups is 1. The summed E-state index contributed by atoms with van der Waals surface area (Å²) in [5.41, 5.74) is 1.22. The SMILES string of the molecule is CON(C)S(=O)(=O)c1cccc(C(=O)Nc2cc(CC3CCCCC3)[nH]n2)c1. The van der Waals surface area contributed by atoms with Gasteiger partial charge in [0.15, 0.2) is 5.82 Å². The number of hydrogen-bond donors (Lipinski definition) is 2. The molecule has 1 heterocycles. The summed E-state index contributed by atoms with van der Waals surface area (Å²) in [5, 5.41) is 9.86. The van der Waals surface area contributed by atoms with E-state index in [1.165, 1.54) is 64.5 Å². The van der Waals surface area contributed by atoms with E-state index in [9.17, 15) is 13.2 Å². The Bertz CT molecular complexity index is 920. The summed E-state index contributed by atoms with van der Waals surface area (Å²) in [6.45, 7) is 0. The average Bonchev–Trinajstić information content (AvgIpc) is 3.14. The third-order valence-electron chi connectivity index (χ3n) is 5.10. The third-order valence-corrected chi connectivity index (χ3v) is 6.77. The molecule has 1 aromatic heterocycles. The van der Waals surface area contributed by atoms with Crippen molar-refractivity contribution in [1.82, 2.24) is 14.7 Å². The van der Waals surface area contributed by atoms with Gasteiger partial charge in [-0.05, 0) is 30.5 Å². The molecule has 1 aromatic carbocycles. The van der Waals surface area contributed by atoms with Crippen molar-refractivity contribution in [3.8, 4) is 0 Å². The maximum absolute atomic E-state index is 12.5. The van der Waals surface area contributed by atoms with Crippen LogP contribution in [0.3, 0.4) is 0 Å². The van der Waals surface area contributed by atoms with Gasteiger partial charge in [0.1, 0.15) is 0 Å². The molecule has 1 fully saturated rings. The molecule has 0 radical (unpaired) electrons. The zero-order valence-corrected chi connectivity index (χ0v) is 17.0. The molecule has 28 heavy (non-hydrogen) atoms. The van der Waals surface area contributed by atoms with Crippen LogP contribution >= 0.6 is 0 Å². The van der Waals surface area contributed by atoms with E-state index in [0.29, 0.717) is 11.7 Å². The van der Waals surface area contributed by atoms with Gasteiger partial charge in [-0.2, -0.15) is 5.10 Å². The fourth-order valence-corrected chi connectivity index (χ4v) is 4.48. The molecule has 0 bridgehead atoms. The van der Waals surface area contributed by atoms with Crippen LogP contribution in [0.25, 0.3) is 0 Å². The van der Waals surface area contributed by atoms with E-state index in [2.05, 4.69) is 15.5 Å². The molecule has 0 saturated heterocycles. The summed E-state index contributed by atoms with van der Waals surface area (Å²) in [5.74, 6) is 0.670. The Balaban J connectivity index is 1.67. The Labute approximate surface area is 165 Å². The molecular weight excluding hydrogens is 380 g/mol. The summed E-state index contributed by atoms with van der Waals surface area (Å²) < 4.78 is 25.4. The molecule has 9 heteroatoms. The second-order valence-corrected chi connectivity index (χ2v) is 9.00. The van der Waals surface area contributed by atoms with Gasteiger partial charge in [-0.1, -0.05) is 42.6 Å². The van der Waals surface area contributed by atoms with Gasteiger partial charge < -0.3 is 5.32 Å². The van der Waals surface area contributed by atoms with E-state index < -0.39 is 15.9 Å². The van der Waals surface area contributed by atoms with Crippen molar-refractivity contribution < 1.29 is 18.0 Å². The zero-order chi connectivity index (χ0) is 20.1. The standard InChI is InChI=1S/C19H26N4O4S/c1-23(27-2)28(25,26)17-10-6-9-15(12-17)19(24)20-18-13-16(21-22-18)11-14-7-4-3-5-8-14/h6,9-10,12-14H,3-5,7-8,11H2,1-2H3,(H2,20,21,22,24). The fourth-order valence-electron chi connectivity index (χ4n) is 3.47. The highest BCUT2D eigenvalue weighted by molar-refractivity contribution is 7.89. The predicted molar refractivity (Wildman–Crippen MR) is 105 cm³/mol. The van der Waals surface area contributed by atoms with Crippen molar-refractivity contribution in [1.29, 1.82) is 0 Å². The molecule has 0 unspecified atom stereocenters. The maximum Gasteiger partial charge on any atom is 0.264 e. The van der Waals surface area contributed by atoms with E-state index in [4.69, 9.17) is 4.84 Å². The molecule has 8 nitrogen and oxygen atoms in total. The molecule has 0 aliphatic heterocycles. The first-order valence-electron chi connectivity index (χ1n) is 9.39. The molecule has 152 valence electrons. The second-order valence-electron chi connectivity index (χ2n) is 7.07. The minimum absolute atomic E-state index is 0.0236. The van der Waals surface area contributed by atoms with Crippen LogP contribution in [0, 0.1) is 5.92 Å². The van der Waals surface area contributed by atoms with E-state index >= 15 is 0 Å². The first-order valence-corrected chi connectivity index (χ1v) is 10.8. The molecule has 1 saturated carbocycles. The van der Waals surface area contributed by atoms with Gasteiger partial charge in [-0.3, -0.25) is 14.7 Å². The van der Waals surface area contributed by atoms with Gasteiger partial charge in [0.25, 0.3) is 15.9 Å². The Morgan fingerprint density at radius 1 is 1.29 bits per heavy atom. The van der Waals surface area contributed by atoms with Crippen molar-refractivity contribution in [3.63, 3.8) is 0 Å². The number of H-pyrrole nitrogens is 1. The number of rotatable bonds is 7. The van der Waals surface area contributed by atoms with E-state index in [1.807, 2.05) is 6.07 Å². The van der Waals surface area contributed by atoms with Gasteiger partial charge in [0, 0.05) is 24.4 Å². The molecular formula is C19H26N4O4S. The number of aromatic amines is 1. The van der Waals surface area contributed by atoms with Crippen molar-refractivity contribution in [3.05, 3.63) is 41.6 Å². The van der Waals surface area contributed by atoms with Crippen LogP contribution in [0.2, 0.25) is 0 Å². The van der Waals surface area contributed by atoms with Crippen LogP contribution in [0.5, 0.6) is 0 Å². The minimum atomic E-state index is -3.82. The highest BCUT2D eigenvalue weighted by Gasteiger charge is 2.22. The summed E-state index contributed by atoms with van der Waals surface area (Å²) in [6, 6.07) is 7.64. The number of nitrogens with zero attached hydrogens (tertiary/aromatic N) is 2. The van der Waals surface area contributed by atoms with Crippen LogP contribution in [0.1, 0.15) is 48.2 Å². The van der Waals surface area contributed by atoms with Crippen molar-refractivity contribution in [2.24, 2.45) is 5.92 Å². The smallest absolute Gasteiger partial charge is 0.264 e. The number of sulfonamides is 1. The number of hydroxylamine groups is 1. The Hall–Kier alpha value is -2.23. The Morgan fingerprint density at radius 3 is 2.75 bits per heavy atom. The Morgan fingerprint density at radius 2 is 2.04 bits per heavy atom. The van der Waals surface area contributed by atoms with Crippen LogP contribution in [-0.2, 0) is 21.3 Å². The molecule has 2 N–H and O–H groups in total. The van der Waals surface area contributed by atoms with Crippen LogP contribution in [0.15, 0.2) is 35.2 Å². The molecule has 1 amide bonds. The van der Waals surface area contributed by atoms with E-state index in [1.54, 1.807) is 6.07 Å². The summed E-state index contributed by atoms with van der Waals surface area (Å²) in [4.78, 5) is 17.3. The lowest BCUT2D eigenvalue weighted by atomic mass is 9.86. The lowest BCUT2D eigenvalue weighted by molar-refractivity contribution is -0.0258. The maximum atomic E-state index is 12.5. The second kappa shape index (κ2) is 8.85. The van der Waals surface area contributed by atoms with Gasteiger partial charge >= 0.3 is 0 Å². The number of carbonyl (C=O) groups excluding carboxylic acids is 1. The number of nitrogens with one attached hydrogen (secondary N) is 2. The lowest BCUT2D eigenvalue weighted by Crippen LogP contribution is -2.26. The van der Waals surface area contributed by atoms with Gasteiger partial charge in [-0.15, -0.1) is 0 Å². The number of amides is 1. The highest BCUT2D eigenvalue weighted by Crippen LogP contribution is 2.27. The molecule has 1 aliphatic rings. The van der Waals surface area contributed by atoms with Gasteiger partial charge in [0.05, 0.1) is 12.0 Å². The fraction of sp³-hybridized carbons (Fsp3) is 0.474.